The van der Waals surface area contributed by atoms with Crippen LogP contribution in [0.1, 0.15) is 33.6 Å². The van der Waals surface area contributed by atoms with E-state index in [1.54, 1.807) is 77.2 Å². The van der Waals surface area contributed by atoms with Gasteiger partial charge in [-0.3, -0.25) is 18.4 Å². The molecule has 4 aromatic heterocycles. The quantitative estimate of drug-likeness (QED) is 0.182. The predicted octanol–water partition coefficient (Wildman–Crippen LogP) is 2.20. The van der Waals surface area contributed by atoms with Crippen molar-refractivity contribution in [1.82, 2.24) is 29.9 Å². The van der Waals surface area contributed by atoms with Crippen molar-refractivity contribution in [2.45, 2.75) is 49.5 Å². The van der Waals surface area contributed by atoms with E-state index in [0.29, 0.717) is 43.9 Å². The van der Waals surface area contributed by atoms with Crippen molar-refractivity contribution in [1.29, 1.82) is 0 Å². The number of pyridine rings is 2. The maximum Gasteiger partial charge on any atom is 2.00 e. The fraction of sp³-hybridized carbons (Fsp3) is 0.294. The zero-order chi connectivity index (χ0) is 34.5. The molecule has 0 bridgehead atoms. The molecule has 18 heteroatoms. The minimum Gasteiger partial charge on any atom is -0.497 e. The Hall–Kier alpha value is -4.17. The topological polar surface area (TPSA) is 245 Å². The Bertz CT molecular complexity index is 2010. The standard InChI is InChI=1S/2C17H18N3O3S.Mg.3H2O/c2*1-10-8-18-15(11(2)16(10)23-4)9-24(21)17-19-13-6-5-12(22-3)7-14(13)20-17;;;;/h2*5-8H,9H2,1-4H3;;3*1H2/q2*-1;+2;;;/t2*24-;;;;/m11..../s1. The fourth-order valence-corrected chi connectivity index (χ4v) is 7.24. The number of rotatable bonds is 10. The normalized spacial score (nSPS) is 11.4. The van der Waals surface area contributed by atoms with Gasteiger partial charge < -0.3 is 55.3 Å². The van der Waals surface area contributed by atoms with Crippen LogP contribution in [0.4, 0.5) is 0 Å². The predicted molar refractivity (Wildman–Crippen MR) is 201 cm³/mol. The summed E-state index contributed by atoms with van der Waals surface area (Å²) in [4.78, 5) is 26.2. The maximum atomic E-state index is 12.6. The van der Waals surface area contributed by atoms with E-state index in [-0.39, 0.29) is 51.0 Å². The first-order valence-corrected chi connectivity index (χ1v) is 17.4. The Labute approximate surface area is 322 Å². The van der Waals surface area contributed by atoms with Crippen LogP contribution in [0.2, 0.25) is 0 Å². The van der Waals surface area contributed by atoms with Gasteiger partial charge in [0.1, 0.15) is 23.0 Å². The van der Waals surface area contributed by atoms with E-state index in [0.717, 1.165) is 45.1 Å². The first kappa shape index (κ1) is 45.8. The smallest absolute Gasteiger partial charge is 0.497 e. The monoisotopic (exact) mass is 766 g/mol. The molecule has 0 radical (unpaired) electrons. The fourth-order valence-electron chi connectivity index (χ4n) is 5.11. The molecular formula is C34H42MgN6O9S2. The molecule has 52 heavy (non-hydrogen) atoms. The second-order valence-corrected chi connectivity index (χ2v) is 13.5. The number of nitrogens with zero attached hydrogens (tertiary/aromatic N) is 6. The summed E-state index contributed by atoms with van der Waals surface area (Å²) in [6.45, 7) is 7.69. The largest absolute Gasteiger partial charge is 2.00 e. The minimum absolute atomic E-state index is 0. The van der Waals surface area contributed by atoms with Gasteiger partial charge >= 0.3 is 23.1 Å². The number of hydrogen-bond donors (Lipinski definition) is 0. The molecule has 6 aromatic rings. The van der Waals surface area contributed by atoms with Crippen molar-refractivity contribution in [2.75, 3.05) is 28.4 Å². The van der Waals surface area contributed by atoms with Crippen molar-refractivity contribution < 1.29 is 43.8 Å². The van der Waals surface area contributed by atoms with Crippen LogP contribution in [0.3, 0.4) is 0 Å². The molecule has 0 unspecified atom stereocenters. The number of aromatic nitrogens is 6. The maximum absolute atomic E-state index is 12.6. The average Bonchev–Trinajstić information content (AvgIpc) is 3.72. The van der Waals surface area contributed by atoms with Crippen LogP contribution in [-0.2, 0) is 33.1 Å². The first-order chi connectivity index (χ1) is 23.1. The second-order valence-electron chi connectivity index (χ2n) is 10.8. The zero-order valence-corrected chi connectivity index (χ0v) is 33.2. The van der Waals surface area contributed by atoms with Crippen molar-refractivity contribution in [3.05, 3.63) is 82.4 Å². The molecule has 2 atom stereocenters. The number of ether oxygens (including phenoxy) is 4. The van der Waals surface area contributed by atoms with E-state index >= 15 is 0 Å². The summed E-state index contributed by atoms with van der Waals surface area (Å²) < 4.78 is 46.4. The number of imidazole rings is 2. The van der Waals surface area contributed by atoms with Gasteiger partial charge in [0.2, 0.25) is 0 Å². The minimum atomic E-state index is -1.38. The van der Waals surface area contributed by atoms with Crippen LogP contribution in [0.25, 0.3) is 22.1 Å². The second kappa shape index (κ2) is 20.2. The first-order valence-electron chi connectivity index (χ1n) is 14.8. The van der Waals surface area contributed by atoms with Gasteiger partial charge in [0.15, 0.2) is 0 Å². The van der Waals surface area contributed by atoms with Crippen LogP contribution in [0.5, 0.6) is 23.0 Å². The SMILES string of the molecule is COc1ccc2[n-]c([S@](=O)Cc3ncc(C)c(OC)c3C)nc2c1.COc1ccc2[n-]c([S@](=O)Cc3ncc(C)c(OC)c3C)nc2c1.O.O.O.[Mg+2]. The van der Waals surface area contributed by atoms with Crippen LogP contribution in [-0.4, -0.2) is 96.3 Å². The molecule has 0 saturated carbocycles. The third-order valence-electron chi connectivity index (χ3n) is 7.67. The molecule has 276 valence electrons. The van der Waals surface area contributed by atoms with Gasteiger partial charge in [-0.1, -0.05) is 12.1 Å². The number of benzene rings is 2. The molecule has 0 amide bonds. The van der Waals surface area contributed by atoms with Crippen molar-refractivity contribution in [3.63, 3.8) is 0 Å². The van der Waals surface area contributed by atoms with Crippen molar-refractivity contribution >= 4 is 66.7 Å². The summed E-state index contributed by atoms with van der Waals surface area (Å²) >= 11 is 0. The molecule has 6 rings (SSSR count). The third-order valence-corrected chi connectivity index (χ3v) is 9.92. The van der Waals surface area contributed by atoms with Crippen LogP contribution in [0, 0.1) is 27.7 Å². The molecule has 2 aromatic carbocycles. The summed E-state index contributed by atoms with van der Waals surface area (Å²) in [5.41, 5.74) is 7.87. The molecule has 0 saturated heterocycles. The molecular weight excluding hydrogens is 725 g/mol. The molecule has 0 spiro atoms. The van der Waals surface area contributed by atoms with Crippen LogP contribution in [0.15, 0.2) is 59.1 Å². The van der Waals surface area contributed by atoms with E-state index in [1.165, 1.54) is 0 Å². The Balaban J connectivity index is 0.000000483. The number of hydrogen-bond acceptors (Lipinski definition) is 10. The Morgan fingerprint density at radius 3 is 1.29 bits per heavy atom. The summed E-state index contributed by atoms with van der Waals surface area (Å²) in [6, 6.07) is 10.8. The van der Waals surface area contributed by atoms with Gasteiger partial charge in [-0.25, -0.2) is 0 Å². The molecule has 0 aliphatic heterocycles. The molecule has 0 fully saturated rings. The van der Waals surface area contributed by atoms with Gasteiger partial charge in [0.25, 0.3) is 0 Å². The molecule has 0 aliphatic carbocycles. The van der Waals surface area contributed by atoms with Gasteiger partial charge in [-0.05, 0) is 74.0 Å². The average molecular weight is 767 g/mol. The molecule has 0 aliphatic rings. The number of fused-ring (bicyclic) bond motifs is 2. The number of aryl methyl sites for hydroxylation is 2. The summed E-state index contributed by atoms with van der Waals surface area (Å²) in [7, 11) is 3.66. The van der Waals surface area contributed by atoms with E-state index in [9.17, 15) is 8.42 Å². The van der Waals surface area contributed by atoms with E-state index in [4.69, 9.17) is 18.9 Å². The molecule has 15 nitrogen and oxygen atoms in total. The Kier molecular flexibility index (Phi) is 17.8. The van der Waals surface area contributed by atoms with E-state index in [1.807, 2.05) is 27.7 Å². The summed E-state index contributed by atoms with van der Waals surface area (Å²) in [5, 5.41) is 0.609. The van der Waals surface area contributed by atoms with Crippen molar-refractivity contribution in [3.8, 4) is 23.0 Å². The number of methoxy groups -OCH3 is 4. The van der Waals surface area contributed by atoms with Gasteiger partial charge in [-0.2, -0.15) is 0 Å². The Morgan fingerprint density at radius 1 is 0.596 bits per heavy atom. The van der Waals surface area contributed by atoms with E-state index in [2.05, 4.69) is 29.9 Å². The summed E-state index contributed by atoms with van der Waals surface area (Å²) in [6.07, 6.45) is 3.46. The van der Waals surface area contributed by atoms with E-state index < -0.39 is 21.6 Å². The molecule has 4 heterocycles. The summed E-state index contributed by atoms with van der Waals surface area (Å²) in [5.74, 6) is 3.43. The van der Waals surface area contributed by atoms with Gasteiger partial charge in [-0.15, -0.1) is 0 Å². The van der Waals surface area contributed by atoms with Gasteiger partial charge in [0.05, 0.1) is 72.9 Å². The van der Waals surface area contributed by atoms with Crippen LogP contribution < -0.4 is 28.9 Å². The zero-order valence-electron chi connectivity index (χ0n) is 30.2. The third kappa shape index (κ3) is 10.0. The molecule has 6 N–H and O–H groups in total. The van der Waals surface area contributed by atoms with Crippen molar-refractivity contribution in [2.24, 2.45) is 0 Å². The van der Waals surface area contributed by atoms with Gasteiger partial charge in [0, 0.05) is 45.0 Å². The van der Waals surface area contributed by atoms with Crippen LogP contribution >= 0.6 is 0 Å². The Morgan fingerprint density at radius 2 is 0.962 bits per heavy atom.